The summed E-state index contributed by atoms with van der Waals surface area (Å²) >= 11 is 7.29. The number of anilines is 1. The van der Waals surface area contributed by atoms with Gasteiger partial charge >= 0.3 is 0 Å². The molecule has 0 aliphatic rings. The summed E-state index contributed by atoms with van der Waals surface area (Å²) in [6.45, 7) is 3.67. The quantitative estimate of drug-likeness (QED) is 0.752. The number of nitrogens with one attached hydrogen (secondary N) is 2. The molecule has 5 nitrogen and oxygen atoms in total. The van der Waals surface area contributed by atoms with Crippen molar-refractivity contribution in [3.8, 4) is 6.07 Å². The molecular formula is C16H13ClN4OS. The number of nitriles is 1. The van der Waals surface area contributed by atoms with Crippen LogP contribution in [-0.2, 0) is 0 Å². The van der Waals surface area contributed by atoms with Crippen molar-refractivity contribution in [1.29, 1.82) is 5.26 Å². The number of nitrogens with zero attached hydrogens (tertiary/aromatic N) is 2. The Balaban J connectivity index is 1.96. The van der Waals surface area contributed by atoms with E-state index in [1.807, 2.05) is 19.1 Å². The van der Waals surface area contributed by atoms with E-state index < -0.39 is 0 Å². The van der Waals surface area contributed by atoms with Crippen molar-refractivity contribution in [3.63, 3.8) is 0 Å². The highest BCUT2D eigenvalue weighted by molar-refractivity contribution is 7.16. The third-order valence-corrected chi connectivity index (χ3v) is 4.77. The van der Waals surface area contributed by atoms with Gasteiger partial charge in [-0.3, -0.25) is 4.79 Å². The fraction of sp³-hybridized carbons (Fsp3) is 0.188. The van der Waals surface area contributed by atoms with Gasteiger partial charge in [0, 0.05) is 21.5 Å². The van der Waals surface area contributed by atoms with Crippen LogP contribution in [0, 0.1) is 18.3 Å². The lowest BCUT2D eigenvalue weighted by atomic mass is 10.1. The molecule has 3 rings (SSSR count). The summed E-state index contributed by atoms with van der Waals surface area (Å²) in [6, 6.07) is 9.01. The highest BCUT2D eigenvalue weighted by atomic mass is 35.5. The van der Waals surface area contributed by atoms with Gasteiger partial charge in [0.2, 0.25) is 0 Å². The lowest BCUT2D eigenvalue weighted by molar-refractivity contribution is 0.862. The number of aromatic nitrogens is 2. The molecule has 3 aromatic rings. The van der Waals surface area contributed by atoms with E-state index in [0.717, 1.165) is 10.9 Å². The summed E-state index contributed by atoms with van der Waals surface area (Å²) in [5, 5.41) is 14.3. The summed E-state index contributed by atoms with van der Waals surface area (Å²) < 4.78 is 0. The summed E-state index contributed by atoms with van der Waals surface area (Å²) in [5.41, 5.74) is 1.86. The van der Waals surface area contributed by atoms with Crippen LogP contribution in [0.25, 0.3) is 10.9 Å². The van der Waals surface area contributed by atoms with Crippen molar-refractivity contribution < 1.29 is 0 Å². The lowest BCUT2D eigenvalue weighted by Gasteiger charge is -2.13. The van der Waals surface area contributed by atoms with E-state index in [0.29, 0.717) is 26.3 Å². The number of H-pyrrole nitrogens is 1. The first-order valence-electron chi connectivity index (χ1n) is 6.94. The predicted octanol–water partition coefficient (Wildman–Crippen LogP) is 3.99. The molecule has 0 amide bonds. The number of pyridine rings is 1. The van der Waals surface area contributed by atoms with Gasteiger partial charge in [0.25, 0.3) is 5.56 Å². The number of aryl methyl sites for hydroxylation is 1. The molecule has 0 unspecified atom stereocenters. The molecule has 0 saturated carbocycles. The molecule has 2 heterocycles. The molecular weight excluding hydrogens is 332 g/mol. The summed E-state index contributed by atoms with van der Waals surface area (Å²) in [4.78, 5) is 20.0. The Bertz CT molecular complexity index is 986. The summed E-state index contributed by atoms with van der Waals surface area (Å²) in [7, 11) is 0. The van der Waals surface area contributed by atoms with E-state index in [2.05, 4.69) is 21.4 Å². The largest absolute Gasteiger partial charge is 0.355 e. The third-order valence-electron chi connectivity index (χ3n) is 3.54. The predicted molar refractivity (Wildman–Crippen MR) is 93.2 cm³/mol. The molecule has 2 aromatic heterocycles. The van der Waals surface area contributed by atoms with Crippen LogP contribution in [0.3, 0.4) is 0 Å². The van der Waals surface area contributed by atoms with Gasteiger partial charge in [0.15, 0.2) is 5.13 Å². The SMILES string of the molecule is Cc1nc(N[C@H](C)c2cc3cc(Cl)ccc3[nH]c2=O)sc1C#N. The Morgan fingerprint density at radius 3 is 2.91 bits per heavy atom. The van der Waals surface area contributed by atoms with Crippen molar-refractivity contribution in [2.75, 3.05) is 5.32 Å². The molecule has 1 aromatic carbocycles. The van der Waals surface area contributed by atoms with Crippen LogP contribution >= 0.6 is 22.9 Å². The lowest BCUT2D eigenvalue weighted by Crippen LogP contribution is -2.19. The maximum Gasteiger partial charge on any atom is 0.253 e. The molecule has 2 N–H and O–H groups in total. The van der Waals surface area contributed by atoms with E-state index in [9.17, 15) is 4.79 Å². The van der Waals surface area contributed by atoms with E-state index >= 15 is 0 Å². The number of rotatable bonds is 3. The second-order valence-electron chi connectivity index (χ2n) is 5.20. The van der Waals surface area contributed by atoms with Crippen LogP contribution in [-0.4, -0.2) is 9.97 Å². The zero-order chi connectivity index (χ0) is 16.6. The van der Waals surface area contributed by atoms with Gasteiger partial charge in [-0.1, -0.05) is 22.9 Å². The number of hydrogen-bond acceptors (Lipinski definition) is 5. The van der Waals surface area contributed by atoms with Gasteiger partial charge in [-0.15, -0.1) is 0 Å². The maximum absolute atomic E-state index is 12.3. The zero-order valence-corrected chi connectivity index (χ0v) is 14.0. The topological polar surface area (TPSA) is 81.6 Å². The van der Waals surface area contributed by atoms with Crippen LogP contribution < -0.4 is 10.9 Å². The highest BCUT2D eigenvalue weighted by Gasteiger charge is 2.14. The molecule has 0 bridgehead atoms. The molecule has 7 heteroatoms. The van der Waals surface area contributed by atoms with Crippen molar-refractivity contribution in [2.45, 2.75) is 19.9 Å². The molecule has 1 atom stereocenters. The van der Waals surface area contributed by atoms with E-state index in [1.165, 1.54) is 11.3 Å². The molecule has 0 saturated heterocycles. The second kappa shape index (κ2) is 6.03. The molecule has 0 fully saturated rings. The molecule has 0 spiro atoms. The minimum atomic E-state index is -0.251. The second-order valence-corrected chi connectivity index (χ2v) is 6.63. The standard InChI is InChI=1S/C16H13ClN4OS/c1-8(19-16-20-9(2)14(7-18)23-16)12-6-10-5-11(17)3-4-13(10)21-15(12)22/h3-6,8H,1-2H3,(H,19,20)(H,21,22)/t8-/m1/s1. The van der Waals surface area contributed by atoms with Gasteiger partial charge in [0.05, 0.1) is 11.7 Å². The number of halogens is 1. The van der Waals surface area contributed by atoms with E-state index in [1.54, 1.807) is 19.1 Å². The first-order chi connectivity index (χ1) is 11.0. The Labute approximate surface area is 141 Å². The number of fused-ring (bicyclic) bond motifs is 1. The van der Waals surface area contributed by atoms with Gasteiger partial charge in [0.1, 0.15) is 10.9 Å². The maximum atomic E-state index is 12.3. The average molecular weight is 345 g/mol. The monoisotopic (exact) mass is 344 g/mol. The van der Waals surface area contributed by atoms with Crippen LogP contribution in [0.15, 0.2) is 29.1 Å². The van der Waals surface area contributed by atoms with Crippen molar-refractivity contribution >= 4 is 39.0 Å². The summed E-state index contributed by atoms with van der Waals surface area (Å²) in [5.74, 6) is 0. The van der Waals surface area contributed by atoms with Gasteiger partial charge in [-0.25, -0.2) is 4.98 Å². The number of hydrogen-bond donors (Lipinski definition) is 2. The molecule has 23 heavy (non-hydrogen) atoms. The number of thiazole rings is 1. The van der Waals surface area contributed by atoms with Crippen molar-refractivity contribution in [2.24, 2.45) is 0 Å². The molecule has 0 aliphatic heterocycles. The van der Waals surface area contributed by atoms with Crippen LogP contribution in [0.5, 0.6) is 0 Å². The Kier molecular flexibility index (Phi) is 4.07. The van der Waals surface area contributed by atoms with Gasteiger partial charge in [-0.2, -0.15) is 5.26 Å². The van der Waals surface area contributed by atoms with Gasteiger partial charge < -0.3 is 10.3 Å². The number of benzene rings is 1. The molecule has 0 aliphatic carbocycles. The van der Waals surface area contributed by atoms with Crippen LogP contribution in [0.4, 0.5) is 5.13 Å². The van der Waals surface area contributed by atoms with Gasteiger partial charge in [-0.05, 0) is 38.1 Å². The fourth-order valence-corrected chi connectivity index (χ4v) is 3.37. The Morgan fingerprint density at radius 2 is 2.22 bits per heavy atom. The minimum Gasteiger partial charge on any atom is -0.355 e. The van der Waals surface area contributed by atoms with Crippen molar-refractivity contribution in [3.05, 3.63) is 55.8 Å². The zero-order valence-electron chi connectivity index (χ0n) is 12.5. The Morgan fingerprint density at radius 1 is 1.43 bits per heavy atom. The normalized spacial score (nSPS) is 12.1. The summed E-state index contributed by atoms with van der Waals surface area (Å²) in [6.07, 6.45) is 0. The smallest absolute Gasteiger partial charge is 0.253 e. The Hall–Kier alpha value is -2.36. The molecule has 116 valence electrons. The highest BCUT2D eigenvalue weighted by Crippen LogP contribution is 2.26. The first-order valence-corrected chi connectivity index (χ1v) is 8.14. The molecule has 0 radical (unpaired) electrons. The van der Waals surface area contributed by atoms with Crippen LogP contribution in [0.2, 0.25) is 5.02 Å². The average Bonchev–Trinajstić information content (AvgIpc) is 2.86. The van der Waals surface area contributed by atoms with Crippen LogP contribution in [0.1, 0.15) is 29.1 Å². The van der Waals surface area contributed by atoms with E-state index in [-0.39, 0.29) is 11.6 Å². The number of aromatic amines is 1. The minimum absolute atomic E-state index is 0.159. The third kappa shape index (κ3) is 3.07. The first kappa shape index (κ1) is 15.5. The van der Waals surface area contributed by atoms with Crippen molar-refractivity contribution in [1.82, 2.24) is 9.97 Å². The van der Waals surface area contributed by atoms with E-state index in [4.69, 9.17) is 16.9 Å². The fourth-order valence-electron chi connectivity index (χ4n) is 2.34.